The largest absolute Gasteiger partial charge is 0.480 e. The number of rotatable bonds is 7. The second kappa shape index (κ2) is 10.3. The summed E-state index contributed by atoms with van der Waals surface area (Å²) in [5.74, 6) is -2.07. The maximum Gasteiger partial charge on any atom is 0.346 e. The Morgan fingerprint density at radius 3 is 2.53 bits per heavy atom. The highest BCUT2D eigenvalue weighted by molar-refractivity contribution is 6.06. The number of anilines is 1. The first-order valence-electron chi connectivity index (χ1n) is 10.8. The number of H-pyrrole nitrogens is 1. The van der Waals surface area contributed by atoms with Gasteiger partial charge in [-0.05, 0) is 44.7 Å². The normalized spacial score (nSPS) is 16.1. The number of carbonyl (C=O) groups excluding carboxylic acids is 3. The first-order chi connectivity index (χ1) is 16.1. The van der Waals surface area contributed by atoms with Gasteiger partial charge in [-0.2, -0.15) is 4.98 Å². The molecule has 1 aromatic carbocycles. The van der Waals surface area contributed by atoms with Gasteiger partial charge in [0.2, 0.25) is 0 Å². The SMILES string of the molecule is CC(=O)C1CCCN1C(=O)NC(Cc1c[nH]c(=O)nc1NC(=O)c1c(C)cccc1C)C(=O)O. The zero-order valence-electron chi connectivity index (χ0n) is 19.2. The van der Waals surface area contributed by atoms with Gasteiger partial charge in [0.05, 0.1) is 6.04 Å². The van der Waals surface area contributed by atoms with Crippen LogP contribution in [0.2, 0.25) is 0 Å². The number of nitrogens with one attached hydrogen (secondary N) is 3. The van der Waals surface area contributed by atoms with Gasteiger partial charge in [-0.3, -0.25) is 9.59 Å². The molecule has 1 aliphatic rings. The van der Waals surface area contributed by atoms with Gasteiger partial charge in [-0.15, -0.1) is 0 Å². The molecule has 2 aromatic rings. The quantitative estimate of drug-likeness (QED) is 0.476. The minimum Gasteiger partial charge on any atom is -0.480 e. The molecule has 0 bridgehead atoms. The number of aromatic nitrogens is 2. The molecule has 1 saturated heterocycles. The number of aliphatic carboxylic acids is 1. The molecule has 1 aliphatic heterocycles. The molecule has 180 valence electrons. The van der Waals surface area contributed by atoms with Crippen LogP contribution in [0.5, 0.6) is 0 Å². The molecule has 2 heterocycles. The molecule has 2 atom stereocenters. The molecule has 4 N–H and O–H groups in total. The van der Waals surface area contributed by atoms with Gasteiger partial charge in [0.15, 0.2) is 5.78 Å². The van der Waals surface area contributed by atoms with Crippen LogP contribution in [-0.4, -0.2) is 62.3 Å². The van der Waals surface area contributed by atoms with E-state index >= 15 is 0 Å². The first-order valence-corrected chi connectivity index (χ1v) is 10.8. The highest BCUT2D eigenvalue weighted by Crippen LogP contribution is 2.20. The smallest absolute Gasteiger partial charge is 0.346 e. The van der Waals surface area contributed by atoms with Crippen LogP contribution in [0, 0.1) is 13.8 Å². The van der Waals surface area contributed by atoms with E-state index in [2.05, 4.69) is 20.6 Å². The van der Waals surface area contributed by atoms with Crippen molar-refractivity contribution >= 4 is 29.5 Å². The van der Waals surface area contributed by atoms with Crippen molar-refractivity contribution in [2.75, 3.05) is 11.9 Å². The summed E-state index contributed by atoms with van der Waals surface area (Å²) in [6, 6.07) is 2.73. The fraction of sp³-hybridized carbons (Fsp3) is 0.391. The molecule has 1 aromatic heterocycles. The number of nitrogens with zero attached hydrogens (tertiary/aromatic N) is 2. The van der Waals surface area contributed by atoms with Gasteiger partial charge < -0.3 is 25.6 Å². The Balaban J connectivity index is 1.82. The molecule has 11 nitrogen and oxygen atoms in total. The standard InChI is InChI=1S/C23H27N5O6/c1-12-6-4-7-13(2)18(12)20(30)26-19-15(11-24-22(33)27-19)10-16(21(31)32)25-23(34)28-9-5-8-17(28)14(3)29/h4,6-7,11,16-17H,5,8-10H2,1-3H3,(H,25,34)(H,31,32)(H2,24,26,27,30,33). The third kappa shape index (κ3) is 5.48. The number of hydrogen-bond donors (Lipinski definition) is 4. The van der Waals surface area contributed by atoms with E-state index in [1.54, 1.807) is 26.0 Å². The third-order valence-electron chi connectivity index (χ3n) is 5.83. The maximum atomic E-state index is 12.9. The Hall–Kier alpha value is -4.02. The number of ketones is 1. The molecule has 34 heavy (non-hydrogen) atoms. The van der Waals surface area contributed by atoms with Gasteiger partial charge in [0.1, 0.15) is 11.9 Å². The second-order valence-electron chi connectivity index (χ2n) is 8.31. The summed E-state index contributed by atoms with van der Waals surface area (Å²) >= 11 is 0. The van der Waals surface area contributed by atoms with E-state index < -0.39 is 35.7 Å². The van der Waals surface area contributed by atoms with E-state index in [1.807, 2.05) is 6.07 Å². The lowest BCUT2D eigenvalue weighted by Gasteiger charge is -2.25. The molecule has 0 saturated carbocycles. The van der Waals surface area contributed by atoms with Gasteiger partial charge >= 0.3 is 17.7 Å². The Morgan fingerprint density at radius 2 is 1.91 bits per heavy atom. The fourth-order valence-electron chi connectivity index (χ4n) is 4.11. The van der Waals surface area contributed by atoms with Crippen LogP contribution in [0.4, 0.5) is 10.6 Å². The van der Waals surface area contributed by atoms with Crippen molar-refractivity contribution in [3.8, 4) is 0 Å². The van der Waals surface area contributed by atoms with Crippen molar-refractivity contribution < 1.29 is 24.3 Å². The number of likely N-dealkylation sites (tertiary alicyclic amines) is 1. The average molecular weight is 469 g/mol. The van der Waals surface area contributed by atoms with Crippen molar-refractivity contribution in [3.63, 3.8) is 0 Å². The zero-order valence-corrected chi connectivity index (χ0v) is 19.2. The van der Waals surface area contributed by atoms with Crippen molar-refractivity contribution in [3.05, 3.63) is 57.1 Å². The van der Waals surface area contributed by atoms with Crippen LogP contribution in [-0.2, 0) is 16.0 Å². The fourth-order valence-corrected chi connectivity index (χ4v) is 4.11. The number of benzene rings is 1. The molecule has 11 heteroatoms. The van der Waals surface area contributed by atoms with E-state index in [1.165, 1.54) is 18.0 Å². The topological polar surface area (TPSA) is 162 Å². The second-order valence-corrected chi connectivity index (χ2v) is 8.31. The lowest BCUT2D eigenvalue weighted by Crippen LogP contribution is -2.51. The van der Waals surface area contributed by atoms with Crippen LogP contribution in [0.15, 0.2) is 29.2 Å². The maximum absolute atomic E-state index is 12.9. The molecule has 3 rings (SSSR count). The molecule has 1 fully saturated rings. The first kappa shape index (κ1) is 24.6. The van der Waals surface area contributed by atoms with E-state index in [0.717, 1.165) is 11.1 Å². The molecular weight excluding hydrogens is 442 g/mol. The molecule has 2 unspecified atom stereocenters. The predicted octanol–water partition coefficient (Wildman–Crippen LogP) is 1.40. The van der Waals surface area contributed by atoms with Gasteiger partial charge in [-0.1, -0.05) is 18.2 Å². The number of aromatic amines is 1. The highest BCUT2D eigenvalue weighted by atomic mass is 16.4. The van der Waals surface area contributed by atoms with Crippen LogP contribution in [0.3, 0.4) is 0 Å². The number of urea groups is 1. The van der Waals surface area contributed by atoms with Crippen molar-refractivity contribution in [1.82, 2.24) is 20.2 Å². The number of hydrogen-bond acceptors (Lipinski definition) is 6. The van der Waals surface area contributed by atoms with Crippen LogP contribution in [0.1, 0.15) is 46.8 Å². The van der Waals surface area contributed by atoms with Crippen molar-refractivity contribution in [1.29, 1.82) is 0 Å². The summed E-state index contributed by atoms with van der Waals surface area (Å²) in [4.78, 5) is 68.6. The number of carboxylic acid groups (broad SMARTS) is 1. The van der Waals surface area contributed by atoms with Gasteiger partial charge in [-0.25, -0.2) is 14.4 Å². The van der Waals surface area contributed by atoms with E-state index in [0.29, 0.717) is 24.9 Å². The zero-order chi connectivity index (χ0) is 25.0. The molecule has 0 spiro atoms. The van der Waals surface area contributed by atoms with Gasteiger partial charge in [0, 0.05) is 30.3 Å². The lowest BCUT2D eigenvalue weighted by molar-refractivity contribution is -0.139. The summed E-state index contributed by atoms with van der Waals surface area (Å²) in [5.41, 5.74) is 1.37. The molecule has 3 amide bonds. The predicted molar refractivity (Wildman–Crippen MR) is 123 cm³/mol. The summed E-state index contributed by atoms with van der Waals surface area (Å²) < 4.78 is 0. The lowest BCUT2D eigenvalue weighted by atomic mass is 10.0. The van der Waals surface area contributed by atoms with E-state index in [9.17, 15) is 29.1 Å². The number of carboxylic acids is 1. The Kier molecular flexibility index (Phi) is 7.44. The molecular formula is C23H27N5O6. The summed E-state index contributed by atoms with van der Waals surface area (Å²) in [7, 11) is 0. The minimum absolute atomic E-state index is 0.0975. The molecule has 0 aliphatic carbocycles. The number of carbonyl (C=O) groups is 4. The Morgan fingerprint density at radius 1 is 1.24 bits per heavy atom. The van der Waals surface area contributed by atoms with Gasteiger partial charge in [0.25, 0.3) is 5.91 Å². The summed E-state index contributed by atoms with van der Waals surface area (Å²) in [5, 5.41) is 14.7. The van der Waals surface area contributed by atoms with Crippen molar-refractivity contribution in [2.45, 2.75) is 52.1 Å². The Bertz CT molecular complexity index is 1170. The van der Waals surface area contributed by atoms with E-state index in [4.69, 9.17) is 0 Å². The van der Waals surface area contributed by atoms with Crippen molar-refractivity contribution in [2.24, 2.45) is 0 Å². The van der Waals surface area contributed by atoms with Crippen LogP contribution < -0.4 is 16.3 Å². The molecule has 0 radical (unpaired) electrons. The Labute approximate surface area is 195 Å². The summed E-state index contributed by atoms with van der Waals surface area (Å²) in [6.07, 6.45) is 2.17. The number of Topliss-reactive ketones (excluding diaryl/α,β-unsaturated/α-hetero) is 1. The van der Waals surface area contributed by atoms with Crippen LogP contribution in [0.25, 0.3) is 0 Å². The number of amides is 3. The minimum atomic E-state index is -1.38. The highest BCUT2D eigenvalue weighted by Gasteiger charge is 2.34. The van der Waals surface area contributed by atoms with E-state index in [-0.39, 0.29) is 23.6 Å². The third-order valence-corrected chi connectivity index (χ3v) is 5.83. The summed E-state index contributed by atoms with van der Waals surface area (Å²) in [6.45, 7) is 5.29. The van der Waals surface area contributed by atoms with Crippen LogP contribution >= 0.6 is 0 Å². The average Bonchev–Trinajstić information content (AvgIpc) is 3.25. The monoisotopic (exact) mass is 469 g/mol. The number of aryl methyl sites for hydroxylation is 2.